The van der Waals surface area contributed by atoms with E-state index in [-0.39, 0.29) is 24.5 Å². The maximum absolute atomic E-state index is 12.1. The van der Waals surface area contributed by atoms with Crippen molar-refractivity contribution >= 4 is 5.97 Å². The van der Waals surface area contributed by atoms with E-state index in [9.17, 15) is 14.7 Å². The lowest BCUT2D eigenvalue weighted by molar-refractivity contribution is -0.140. The highest BCUT2D eigenvalue weighted by atomic mass is 16.5. The van der Waals surface area contributed by atoms with Gasteiger partial charge < -0.3 is 19.0 Å². The van der Waals surface area contributed by atoms with Gasteiger partial charge in [-0.1, -0.05) is 38.1 Å². The molecule has 1 aromatic heterocycles. The van der Waals surface area contributed by atoms with Gasteiger partial charge in [-0.15, -0.1) is 0 Å². The van der Waals surface area contributed by atoms with Crippen molar-refractivity contribution < 1.29 is 23.8 Å². The Morgan fingerprint density at radius 3 is 2.31 bits per heavy atom. The third-order valence-electron chi connectivity index (χ3n) is 4.21. The molecule has 0 saturated heterocycles. The van der Waals surface area contributed by atoms with Crippen LogP contribution in [0, 0.1) is 0 Å². The minimum Gasteiger partial charge on any atom is -0.502 e. The molecule has 0 bridgehead atoms. The molecule has 2 aromatic rings. The number of aromatic hydroxyl groups is 1. The van der Waals surface area contributed by atoms with E-state index >= 15 is 0 Å². The molecule has 1 heterocycles. The van der Waals surface area contributed by atoms with Crippen LogP contribution in [0.4, 0.5) is 0 Å². The fourth-order valence-corrected chi connectivity index (χ4v) is 2.73. The average molecular weight is 360 g/mol. The summed E-state index contributed by atoms with van der Waals surface area (Å²) >= 11 is 0. The Balaban J connectivity index is 2.54. The zero-order valence-corrected chi connectivity index (χ0v) is 15.4. The van der Waals surface area contributed by atoms with Crippen LogP contribution in [0.3, 0.4) is 0 Å². The van der Waals surface area contributed by atoms with Crippen molar-refractivity contribution in [1.82, 2.24) is 0 Å². The van der Waals surface area contributed by atoms with Gasteiger partial charge in [-0.25, -0.2) is 0 Å². The monoisotopic (exact) mass is 360 g/mol. The number of carbonyl (C=O) groups is 1. The van der Waals surface area contributed by atoms with E-state index in [4.69, 9.17) is 13.9 Å². The Bertz CT molecular complexity index is 804. The molecular weight excluding hydrogens is 336 g/mol. The van der Waals surface area contributed by atoms with Crippen LogP contribution in [0.15, 0.2) is 39.5 Å². The molecule has 2 rings (SSSR count). The van der Waals surface area contributed by atoms with E-state index in [0.29, 0.717) is 5.92 Å². The Labute approximate surface area is 152 Å². The maximum Gasteiger partial charge on any atom is 0.306 e. The normalized spacial score (nSPS) is 12.2. The van der Waals surface area contributed by atoms with Gasteiger partial charge >= 0.3 is 5.97 Å². The zero-order valence-electron chi connectivity index (χ0n) is 15.4. The van der Waals surface area contributed by atoms with Gasteiger partial charge in [0, 0.05) is 13.2 Å². The van der Waals surface area contributed by atoms with Crippen LogP contribution in [0.1, 0.15) is 54.8 Å². The molecule has 0 aliphatic heterocycles. The fourth-order valence-electron chi connectivity index (χ4n) is 2.73. The molecule has 0 radical (unpaired) electrons. The van der Waals surface area contributed by atoms with Crippen LogP contribution in [0.2, 0.25) is 0 Å². The van der Waals surface area contributed by atoms with E-state index in [1.54, 1.807) is 0 Å². The Kier molecular flexibility index (Phi) is 6.58. The summed E-state index contributed by atoms with van der Waals surface area (Å²) in [4.78, 5) is 24.0. The van der Waals surface area contributed by atoms with Crippen molar-refractivity contribution in [3.8, 4) is 5.75 Å². The Morgan fingerprint density at radius 1 is 1.15 bits per heavy atom. The second kappa shape index (κ2) is 8.67. The predicted molar refractivity (Wildman–Crippen MR) is 96.4 cm³/mol. The molecule has 1 aromatic carbocycles. The topological polar surface area (TPSA) is 86.0 Å². The van der Waals surface area contributed by atoms with Crippen LogP contribution in [-0.2, 0) is 20.9 Å². The summed E-state index contributed by atoms with van der Waals surface area (Å²) in [7, 11) is 2.77. The van der Waals surface area contributed by atoms with Crippen LogP contribution >= 0.6 is 0 Å². The van der Waals surface area contributed by atoms with Gasteiger partial charge in [-0.05, 0) is 17.0 Å². The molecule has 6 nitrogen and oxygen atoms in total. The summed E-state index contributed by atoms with van der Waals surface area (Å²) in [6, 6.07) is 8.83. The predicted octanol–water partition coefficient (Wildman–Crippen LogP) is 3.31. The first-order valence-corrected chi connectivity index (χ1v) is 8.38. The van der Waals surface area contributed by atoms with Crippen molar-refractivity contribution in [3.05, 3.63) is 63.2 Å². The standard InChI is InChI=1S/C20H24O6/c1-12(2)13-5-7-14(8-6-13)16(10-18(22)25-4)20-19(23)17(21)9-15(26-20)11-24-3/h5-9,12,16,23H,10-11H2,1-4H3/t16-/m1/s1. The van der Waals surface area contributed by atoms with Gasteiger partial charge in [-0.2, -0.15) is 0 Å². The summed E-state index contributed by atoms with van der Waals surface area (Å²) in [5.74, 6) is -0.951. The van der Waals surface area contributed by atoms with Gasteiger partial charge in [0.25, 0.3) is 0 Å². The highest BCUT2D eigenvalue weighted by Gasteiger charge is 2.26. The number of hydrogen-bond acceptors (Lipinski definition) is 6. The number of methoxy groups -OCH3 is 2. The summed E-state index contributed by atoms with van der Waals surface area (Å²) in [5.41, 5.74) is 1.31. The van der Waals surface area contributed by atoms with Crippen LogP contribution in [0.25, 0.3) is 0 Å². The van der Waals surface area contributed by atoms with Crippen molar-refractivity contribution in [2.75, 3.05) is 14.2 Å². The zero-order chi connectivity index (χ0) is 19.3. The smallest absolute Gasteiger partial charge is 0.306 e. The van der Waals surface area contributed by atoms with Gasteiger partial charge in [0.05, 0.1) is 19.4 Å². The SMILES string of the molecule is COCc1cc(=O)c(O)c([C@H](CC(=O)OC)c2ccc(C(C)C)cc2)o1. The van der Waals surface area contributed by atoms with Gasteiger partial charge in [0.1, 0.15) is 12.4 Å². The lowest BCUT2D eigenvalue weighted by atomic mass is 9.90. The highest BCUT2D eigenvalue weighted by Crippen LogP contribution is 2.34. The number of ether oxygens (including phenoxy) is 2. The quantitative estimate of drug-likeness (QED) is 0.763. The van der Waals surface area contributed by atoms with Crippen molar-refractivity contribution in [2.24, 2.45) is 0 Å². The minimum atomic E-state index is -0.645. The third kappa shape index (κ3) is 4.52. The second-order valence-corrected chi connectivity index (χ2v) is 6.38. The first kappa shape index (κ1) is 19.7. The number of benzene rings is 1. The molecule has 6 heteroatoms. The summed E-state index contributed by atoms with van der Waals surface area (Å²) in [6.45, 7) is 4.25. The van der Waals surface area contributed by atoms with Crippen LogP contribution < -0.4 is 5.43 Å². The molecule has 1 N–H and O–H groups in total. The van der Waals surface area contributed by atoms with Crippen molar-refractivity contribution in [2.45, 2.75) is 38.7 Å². The highest BCUT2D eigenvalue weighted by molar-refractivity contribution is 5.71. The Morgan fingerprint density at radius 2 is 1.77 bits per heavy atom. The van der Waals surface area contributed by atoms with E-state index in [0.717, 1.165) is 11.1 Å². The van der Waals surface area contributed by atoms with E-state index < -0.39 is 23.1 Å². The van der Waals surface area contributed by atoms with Gasteiger partial charge in [-0.3, -0.25) is 9.59 Å². The van der Waals surface area contributed by atoms with E-state index in [1.165, 1.54) is 20.3 Å². The number of esters is 1. The molecule has 0 aliphatic carbocycles. The van der Waals surface area contributed by atoms with E-state index in [2.05, 4.69) is 13.8 Å². The molecule has 1 atom stereocenters. The van der Waals surface area contributed by atoms with Gasteiger partial charge in [0.2, 0.25) is 11.2 Å². The first-order valence-electron chi connectivity index (χ1n) is 8.38. The number of rotatable bonds is 7. The fraction of sp³-hybridized carbons (Fsp3) is 0.400. The first-order chi connectivity index (χ1) is 12.4. The summed E-state index contributed by atoms with van der Waals surface area (Å²) in [6.07, 6.45) is -0.0650. The van der Waals surface area contributed by atoms with Crippen LogP contribution in [0.5, 0.6) is 5.75 Å². The molecule has 0 saturated carbocycles. The molecule has 0 aliphatic rings. The molecule has 0 spiro atoms. The minimum absolute atomic E-state index is 0.0345. The van der Waals surface area contributed by atoms with Crippen molar-refractivity contribution in [1.29, 1.82) is 0 Å². The maximum atomic E-state index is 12.1. The lowest BCUT2D eigenvalue weighted by Crippen LogP contribution is -2.14. The average Bonchev–Trinajstić information content (AvgIpc) is 2.63. The second-order valence-electron chi connectivity index (χ2n) is 6.38. The molecule has 0 fully saturated rings. The summed E-state index contributed by atoms with van der Waals surface area (Å²) < 4.78 is 15.5. The summed E-state index contributed by atoms with van der Waals surface area (Å²) in [5, 5.41) is 10.3. The van der Waals surface area contributed by atoms with E-state index in [1.807, 2.05) is 24.3 Å². The van der Waals surface area contributed by atoms with Crippen LogP contribution in [-0.4, -0.2) is 25.3 Å². The molecule has 0 amide bonds. The Hall–Kier alpha value is -2.60. The van der Waals surface area contributed by atoms with Gasteiger partial charge in [0.15, 0.2) is 5.76 Å². The molecular formula is C20H24O6. The number of carbonyl (C=O) groups excluding carboxylic acids is 1. The molecule has 0 unspecified atom stereocenters. The lowest BCUT2D eigenvalue weighted by Gasteiger charge is -2.18. The molecule has 26 heavy (non-hydrogen) atoms. The largest absolute Gasteiger partial charge is 0.502 e. The van der Waals surface area contributed by atoms with Crippen molar-refractivity contribution in [3.63, 3.8) is 0 Å². The molecule has 140 valence electrons. The third-order valence-corrected chi connectivity index (χ3v) is 4.21. The number of hydrogen-bond donors (Lipinski definition) is 1.